The molecular weight excluding hydrogens is 430 g/mol. The SMILES string of the molecule is Cc1cc2c(cc1/C=N\NC(=O)COc1ccc(Br)cc1)C(C)CC(C)(C)N2C. The zero-order valence-electron chi connectivity index (χ0n) is 17.6. The van der Waals surface area contributed by atoms with Gasteiger partial charge in [-0.15, -0.1) is 0 Å². The van der Waals surface area contributed by atoms with Gasteiger partial charge in [0.25, 0.3) is 5.91 Å². The third-order valence-corrected chi connectivity index (χ3v) is 6.13. The van der Waals surface area contributed by atoms with Gasteiger partial charge in [0, 0.05) is 22.7 Å². The molecule has 0 aromatic heterocycles. The average molecular weight is 458 g/mol. The Morgan fingerprint density at radius 3 is 2.72 bits per heavy atom. The minimum absolute atomic E-state index is 0.0843. The van der Waals surface area contributed by atoms with Crippen molar-refractivity contribution in [1.29, 1.82) is 0 Å². The summed E-state index contributed by atoms with van der Waals surface area (Å²) in [5.41, 5.74) is 7.41. The van der Waals surface area contributed by atoms with Gasteiger partial charge in [-0.25, -0.2) is 5.43 Å². The third-order valence-electron chi connectivity index (χ3n) is 5.60. The van der Waals surface area contributed by atoms with E-state index in [2.05, 4.69) is 78.2 Å². The van der Waals surface area contributed by atoms with Gasteiger partial charge in [0.2, 0.25) is 0 Å². The molecule has 1 aliphatic heterocycles. The number of benzene rings is 2. The molecule has 154 valence electrons. The number of hydrazone groups is 1. The maximum Gasteiger partial charge on any atom is 0.277 e. The first kappa shape index (κ1) is 21.4. The summed E-state index contributed by atoms with van der Waals surface area (Å²) in [5.74, 6) is 0.811. The maximum atomic E-state index is 12.0. The summed E-state index contributed by atoms with van der Waals surface area (Å²) in [6.45, 7) is 8.82. The van der Waals surface area contributed by atoms with Crippen LogP contribution in [0.15, 0.2) is 46.0 Å². The number of ether oxygens (including phenoxy) is 1. The lowest BCUT2D eigenvalue weighted by Gasteiger charge is -2.45. The number of halogens is 1. The van der Waals surface area contributed by atoms with Gasteiger partial charge in [0.1, 0.15) is 5.75 Å². The van der Waals surface area contributed by atoms with Gasteiger partial charge in [-0.2, -0.15) is 5.10 Å². The summed E-state index contributed by atoms with van der Waals surface area (Å²) in [6.07, 6.45) is 2.81. The van der Waals surface area contributed by atoms with Gasteiger partial charge >= 0.3 is 0 Å². The number of amides is 1. The first-order valence-corrected chi connectivity index (χ1v) is 10.6. The predicted molar refractivity (Wildman–Crippen MR) is 122 cm³/mol. The van der Waals surface area contributed by atoms with Crippen LogP contribution >= 0.6 is 15.9 Å². The normalized spacial score (nSPS) is 17.9. The Bertz CT molecular complexity index is 922. The molecule has 0 saturated carbocycles. The van der Waals surface area contributed by atoms with E-state index < -0.39 is 0 Å². The van der Waals surface area contributed by atoms with Crippen LogP contribution < -0.4 is 15.1 Å². The number of hydrogen-bond donors (Lipinski definition) is 1. The quantitative estimate of drug-likeness (QED) is 0.507. The summed E-state index contributed by atoms with van der Waals surface area (Å²) in [4.78, 5) is 14.4. The standard InChI is InChI=1S/C23H28BrN3O2/c1-15-10-21-20(16(2)12-23(3,4)27(21)5)11-17(15)13-25-26-22(28)14-29-19-8-6-18(24)7-9-19/h6-11,13,16H,12,14H2,1-5H3,(H,26,28)/b25-13-. The van der Waals surface area contributed by atoms with Crippen LogP contribution in [-0.4, -0.2) is 31.3 Å². The van der Waals surface area contributed by atoms with E-state index in [1.54, 1.807) is 18.3 Å². The molecule has 0 bridgehead atoms. The molecule has 1 unspecified atom stereocenters. The first-order valence-electron chi connectivity index (χ1n) is 9.76. The van der Waals surface area contributed by atoms with Crippen molar-refractivity contribution in [2.24, 2.45) is 5.10 Å². The molecule has 1 atom stereocenters. The highest BCUT2D eigenvalue weighted by Gasteiger charge is 2.34. The minimum Gasteiger partial charge on any atom is -0.484 e. The summed E-state index contributed by atoms with van der Waals surface area (Å²) in [5, 5.41) is 4.12. The molecule has 3 rings (SSSR count). The Labute approximate surface area is 181 Å². The maximum absolute atomic E-state index is 12.0. The smallest absolute Gasteiger partial charge is 0.277 e. The Morgan fingerprint density at radius 2 is 2.03 bits per heavy atom. The minimum atomic E-state index is -0.297. The first-order chi connectivity index (χ1) is 13.7. The number of aryl methyl sites for hydroxylation is 1. The number of carbonyl (C=O) groups is 1. The van der Waals surface area contributed by atoms with Crippen molar-refractivity contribution in [2.75, 3.05) is 18.6 Å². The number of nitrogens with zero attached hydrogens (tertiary/aromatic N) is 2. The fourth-order valence-electron chi connectivity index (χ4n) is 3.76. The van der Waals surface area contributed by atoms with E-state index in [1.165, 1.54) is 11.3 Å². The number of rotatable bonds is 5. The molecule has 0 aliphatic carbocycles. The van der Waals surface area contributed by atoms with Crippen LogP contribution in [0.4, 0.5) is 5.69 Å². The molecule has 1 heterocycles. The van der Waals surface area contributed by atoms with Gasteiger partial charge in [-0.3, -0.25) is 4.79 Å². The highest BCUT2D eigenvalue weighted by Crippen LogP contribution is 2.43. The van der Waals surface area contributed by atoms with Crippen LogP contribution in [0.1, 0.15) is 49.8 Å². The van der Waals surface area contributed by atoms with E-state index in [9.17, 15) is 4.79 Å². The van der Waals surface area contributed by atoms with E-state index in [-0.39, 0.29) is 18.1 Å². The average Bonchev–Trinajstić information content (AvgIpc) is 2.66. The zero-order chi connectivity index (χ0) is 21.2. The van der Waals surface area contributed by atoms with Crippen molar-refractivity contribution in [3.05, 3.63) is 57.6 Å². The van der Waals surface area contributed by atoms with Crippen LogP contribution in [0.5, 0.6) is 5.75 Å². The Balaban J connectivity index is 1.64. The van der Waals surface area contributed by atoms with Gasteiger partial charge in [-0.05, 0) is 86.2 Å². The molecule has 1 N–H and O–H groups in total. The van der Waals surface area contributed by atoms with E-state index in [0.717, 1.165) is 22.0 Å². The molecule has 0 radical (unpaired) electrons. The van der Waals surface area contributed by atoms with Crippen molar-refractivity contribution >= 4 is 33.7 Å². The fraction of sp³-hybridized carbons (Fsp3) is 0.391. The number of anilines is 1. The molecule has 1 amide bonds. The number of nitrogens with one attached hydrogen (secondary N) is 1. The monoisotopic (exact) mass is 457 g/mol. The van der Waals surface area contributed by atoms with Crippen LogP contribution in [0.2, 0.25) is 0 Å². The third kappa shape index (κ3) is 4.99. The second-order valence-electron chi connectivity index (χ2n) is 8.28. The van der Waals surface area contributed by atoms with Gasteiger partial charge < -0.3 is 9.64 Å². The molecule has 2 aromatic carbocycles. The fourth-order valence-corrected chi connectivity index (χ4v) is 4.02. The largest absolute Gasteiger partial charge is 0.484 e. The van der Waals surface area contributed by atoms with E-state index in [4.69, 9.17) is 4.74 Å². The topological polar surface area (TPSA) is 53.9 Å². The lowest BCUT2D eigenvalue weighted by Crippen LogP contribution is -2.45. The summed E-state index contributed by atoms with van der Waals surface area (Å²) >= 11 is 3.37. The van der Waals surface area contributed by atoms with Crippen molar-refractivity contribution in [2.45, 2.75) is 45.6 Å². The van der Waals surface area contributed by atoms with Gasteiger partial charge in [0.15, 0.2) is 6.61 Å². The van der Waals surface area contributed by atoms with Crippen molar-refractivity contribution in [3.63, 3.8) is 0 Å². The Kier molecular flexibility index (Phi) is 6.32. The molecular formula is C23H28BrN3O2. The summed E-state index contributed by atoms with van der Waals surface area (Å²) in [6, 6.07) is 11.7. The van der Waals surface area contributed by atoms with E-state index >= 15 is 0 Å². The van der Waals surface area contributed by atoms with Crippen molar-refractivity contribution < 1.29 is 9.53 Å². The Morgan fingerprint density at radius 1 is 1.34 bits per heavy atom. The molecule has 0 saturated heterocycles. The van der Waals surface area contributed by atoms with Crippen LogP contribution in [0.3, 0.4) is 0 Å². The van der Waals surface area contributed by atoms with Crippen LogP contribution in [0.25, 0.3) is 0 Å². The van der Waals surface area contributed by atoms with Crippen molar-refractivity contribution in [3.8, 4) is 5.75 Å². The lowest BCUT2D eigenvalue weighted by molar-refractivity contribution is -0.123. The van der Waals surface area contributed by atoms with Gasteiger partial charge in [-0.1, -0.05) is 22.9 Å². The number of fused-ring (bicyclic) bond motifs is 1. The highest BCUT2D eigenvalue weighted by atomic mass is 79.9. The zero-order valence-corrected chi connectivity index (χ0v) is 19.2. The molecule has 6 heteroatoms. The second kappa shape index (κ2) is 8.57. The van der Waals surface area contributed by atoms with Crippen LogP contribution in [-0.2, 0) is 4.79 Å². The molecule has 5 nitrogen and oxygen atoms in total. The molecule has 1 aliphatic rings. The molecule has 0 spiro atoms. The van der Waals surface area contributed by atoms with Crippen LogP contribution in [0, 0.1) is 6.92 Å². The lowest BCUT2D eigenvalue weighted by atomic mass is 9.79. The number of hydrogen-bond acceptors (Lipinski definition) is 4. The number of carbonyl (C=O) groups excluding carboxylic acids is 1. The summed E-state index contributed by atoms with van der Waals surface area (Å²) < 4.78 is 6.42. The molecule has 29 heavy (non-hydrogen) atoms. The highest BCUT2D eigenvalue weighted by molar-refractivity contribution is 9.10. The van der Waals surface area contributed by atoms with Crippen molar-refractivity contribution in [1.82, 2.24) is 5.43 Å². The molecule has 2 aromatic rings. The predicted octanol–water partition coefficient (Wildman–Crippen LogP) is 5.01. The van der Waals surface area contributed by atoms with E-state index in [1.807, 2.05) is 12.1 Å². The Hall–Kier alpha value is -2.34. The van der Waals surface area contributed by atoms with E-state index in [0.29, 0.717) is 11.7 Å². The summed E-state index contributed by atoms with van der Waals surface area (Å²) in [7, 11) is 2.16. The second-order valence-corrected chi connectivity index (χ2v) is 9.20. The van der Waals surface area contributed by atoms with Gasteiger partial charge in [0.05, 0.1) is 6.21 Å². The molecule has 0 fully saturated rings.